The van der Waals surface area contributed by atoms with Crippen LogP contribution in [0.1, 0.15) is 38.2 Å². The van der Waals surface area contributed by atoms with Crippen molar-refractivity contribution in [3.63, 3.8) is 0 Å². The number of hydrogen-bond donors (Lipinski definition) is 2. The second kappa shape index (κ2) is 7.57. The summed E-state index contributed by atoms with van der Waals surface area (Å²) in [6.07, 6.45) is 2.12. The molecule has 1 aromatic rings. The van der Waals surface area contributed by atoms with E-state index < -0.39 is 5.97 Å². The molecule has 1 unspecified atom stereocenters. The third-order valence-electron chi connectivity index (χ3n) is 4.46. The molecule has 0 aliphatic heterocycles. The van der Waals surface area contributed by atoms with Gasteiger partial charge < -0.3 is 10.4 Å². The molecule has 116 valence electrons. The minimum atomic E-state index is -0.731. The van der Waals surface area contributed by atoms with Crippen LogP contribution < -0.4 is 5.32 Å². The smallest absolute Gasteiger partial charge is 0.317 e. The molecule has 2 rings (SSSR count). The van der Waals surface area contributed by atoms with Gasteiger partial charge in [0, 0.05) is 18.6 Å². The zero-order valence-electron chi connectivity index (χ0n) is 13.0. The maximum atomic E-state index is 10.8. The Morgan fingerprint density at radius 1 is 1.38 bits per heavy atom. The van der Waals surface area contributed by atoms with Crippen LogP contribution >= 0.6 is 0 Å². The number of carbonyl (C=O) groups is 1. The van der Waals surface area contributed by atoms with Crippen LogP contribution in [-0.2, 0) is 4.79 Å². The number of carboxylic acids is 1. The van der Waals surface area contributed by atoms with E-state index in [0.717, 1.165) is 25.9 Å². The fourth-order valence-corrected chi connectivity index (χ4v) is 2.97. The van der Waals surface area contributed by atoms with Crippen LogP contribution in [0.15, 0.2) is 30.3 Å². The van der Waals surface area contributed by atoms with E-state index in [1.54, 1.807) is 0 Å². The number of rotatable bonds is 8. The summed E-state index contributed by atoms with van der Waals surface area (Å²) >= 11 is 0. The van der Waals surface area contributed by atoms with Crippen molar-refractivity contribution in [1.29, 1.82) is 0 Å². The Bertz CT molecular complexity index is 443. The number of carboxylic acid groups (broad SMARTS) is 1. The van der Waals surface area contributed by atoms with Gasteiger partial charge in [-0.15, -0.1) is 0 Å². The van der Waals surface area contributed by atoms with Gasteiger partial charge in [-0.1, -0.05) is 44.2 Å². The van der Waals surface area contributed by atoms with E-state index in [4.69, 9.17) is 5.11 Å². The van der Waals surface area contributed by atoms with Gasteiger partial charge in [-0.05, 0) is 30.9 Å². The van der Waals surface area contributed by atoms with E-state index in [1.807, 2.05) is 13.0 Å². The van der Waals surface area contributed by atoms with Crippen molar-refractivity contribution in [2.24, 2.45) is 0 Å². The molecule has 21 heavy (non-hydrogen) atoms. The molecule has 1 aliphatic carbocycles. The fraction of sp³-hybridized carbons (Fsp3) is 0.588. The first-order valence-electron chi connectivity index (χ1n) is 7.84. The maximum Gasteiger partial charge on any atom is 0.317 e. The summed E-state index contributed by atoms with van der Waals surface area (Å²) in [5.41, 5.74) is 1.36. The van der Waals surface area contributed by atoms with Crippen LogP contribution in [-0.4, -0.2) is 47.7 Å². The Hall–Kier alpha value is -1.39. The lowest BCUT2D eigenvalue weighted by atomic mass is 9.85. The highest BCUT2D eigenvalue weighted by Crippen LogP contribution is 2.26. The molecule has 1 fully saturated rings. The Morgan fingerprint density at radius 3 is 2.62 bits per heavy atom. The van der Waals surface area contributed by atoms with Gasteiger partial charge in [-0.3, -0.25) is 9.69 Å². The zero-order chi connectivity index (χ0) is 15.2. The van der Waals surface area contributed by atoms with Crippen LogP contribution in [0.2, 0.25) is 0 Å². The molecule has 1 aromatic carbocycles. The number of nitrogens with zero attached hydrogens (tertiary/aromatic N) is 1. The van der Waals surface area contributed by atoms with Gasteiger partial charge >= 0.3 is 5.97 Å². The van der Waals surface area contributed by atoms with E-state index in [9.17, 15) is 4.79 Å². The van der Waals surface area contributed by atoms with Gasteiger partial charge in [0.05, 0.1) is 6.54 Å². The monoisotopic (exact) mass is 290 g/mol. The van der Waals surface area contributed by atoms with Crippen molar-refractivity contribution in [2.75, 3.05) is 19.6 Å². The molecule has 0 bridgehead atoms. The third kappa shape index (κ3) is 4.55. The Labute approximate surface area is 127 Å². The molecule has 0 amide bonds. The zero-order valence-corrected chi connectivity index (χ0v) is 13.0. The first-order chi connectivity index (χ1) is 10.1. The van der Waals surface area contributed by atoms with Crippen molar-refractivity contribution < 1.29 is 9.90 Å². The SMILES string of the molecule is CCN(CC(=O)O)C1CC(NCC(C)c2ccccc2)C1. The molecule has 0 aromatic heterocycles. The Kier molecular flexibility index (Phi) is 5.76. The van der Waals surface area contributed by atoms with Gasteiger partial charge in [0.2, 0.25) is 0 Å². The van der Waals surface area contributed by atoms with Crippen LogP contribution in [0.25, 0.3) is 0 Å². The first-order valence-corrected chi connectivity index (χ1v) is 7.84. The fourth-order valence-electron chi connectivity index (χ4n) is 2.97. The van der Waals surface area contributed by atoms with Crippen molar-refractivity contribution in [2.45, 2.75) is 44.7 Å². The predicted octanol–water partition coefficient (Wildman–Crippen LogP) is 2.32. The van der Waals surface area contributed by atoms with Gasteiger partial charge in [0.25, 0.3) is 0 Å². The number of hydrogen-bond acceptors (Lipinski definition) is 3. The van der Waals surface area contributed by atoms with Crippen LogP contribution in [0.4, 0.5) is 0 Å². The van der Waals surface area contributed by atoms with Crippen molar-refractivity contribution in [3.05, 3.63) is 35.9 Å². The molecule has 1 atom stereocenters. The summed E-state index contributed by atoms with van der Waals surface area (Å²) in [4.78, 5) is 12.9. The lowest BCUT2D eigenvalue weighted by Crippen LogP contribution is -2.54. The Morgan fingerprint density at radius 2 is 2.05 bits per heavy atom. The molecule has 1 saturated carbocycles. The average Bonchev–Trinajstić information content (AvgIpc) is 2.44. The summed E-state index contributed by atoms with van der Waals surface area (Å²) in [6.45, 7) is 6.22. The molecule has 0 saturated heterocycles. The minimum Gasteiger partial charge on any atom is -0.480 e. The van der Waals surface area contributed by atoms with E-state index in [2.05, 4.69) is 41.4 Å². The second-order valence-corrected chi connectivity index (χ2v) is 6.00. The van der Waals surface area contributed by atoms with Crippen molar-refractivity contribution in [3.8, 4) is 0 Å². The average molecular weight is 290 g/mol. The maximum absolute atomic E-state index is 10.8. The van der Waals surface area contributed by atoms with Crippen LogP contribution in [0, 0.1) is 0 Å². The molecule has 4 nitrogen and oxygen atoms in total. The minimum absolute atomic E-state index is 0.161. The van der Waals surface area contributed by atoms with Gasteiger partial charge in [-0.25, -0.2) is 0 Å². The number of aliphatic carboxylic acids is 1. The predicted molar refractivity (Wildman–Crippen MR) is 84.6 cm³/mol. The van der Waals surface area contributed by atoms with Gasteiger partial charge in [-0.2, -0.15) is 0 Å². The molecule has 0 radical (unpaired) electrons. The van der Waals surface area contributed by atoms with Crippen molar-refractivity contribution in [1.82, 2.24) is 10.2 Å². The topological polar surface area (TPSA) is 52.6 Å². The quantitative estimate of drug-likeness (QED) is 0.771. The summed E-state index contributed by atoms with van der Waals surface area (Å²) in [6, 6.07) is 11.5. The first kappa shape index (κ1) is 16.0. The molecule has 4 heteroatoms. The highest BCUT2D eigenvalue weighted by molar-refractivity contribution is 5.69. The Balaban J connectivity index is 1.69. The van der Waals surface area contributed by atoms with E-state index >= 15 is 0 Å². The molecule has 0 spiro atoms. The number of benzene rings is 1. The summed E-state index contributed by atoms with van der Waals surface area (Å²) in [7, 11) is 0. The van der Waals surface area contributed by atoms with Crippen LogP contribution in [0.3, 0.4) is 0 Å². The highest BCUT2D eigenvalue weighted by atomic mass is 16.4. The second-order valence-electron chi connectivity index (χ2n) is 6.00. The third-order valence-corrected chi connectivity index (χ3v) is 4.46. The molecule has 1 aliphatic rings. The van der Waals surface area contributed by atoms with E-state index in [0.29, 0.717) is 18.0 Å². The molecule has 0 heterocycles. The number of likely N-dealkylation sites (N-methyl/N-ethyl adjacent to an activating group) is 1. The van der Waals surface area contributed by atoms with Crippen molar-refractivity contribution >= 4 is 5.97 Å². The highest BCUT2D eigenvalue weighted by Gasteiger charge is 2.33. The van der Waals surface area contributed by atoms with Crippen LogP contribution in [0.5, 0.6) is 0 Å². The van der Waals surface area contributed by atoms with E-state index in [1.165, 1.54) is 5.56 Å². The van der Waals surface area contributed by atoms with E-state index in [-0.39, 0.29) is 6.54 Å². The normalized spacial score (nSPS) is 22.8. The molecular formula is C17H26N2O2. The van der Waals surface area contributed by atoms with Gasteiger partial charge in [0.1, 0.15) is 0 Å². The lowest BCUT2D eigenvalue weighted by Gasteiger charge is -2.42. The molecular weight excluding hydrogens is 264 g/mol. The number of nitrogens with one attached hydrogen (secondary N) is 1. The van der Waals surface area contributed by atoms with Gasteiger partial charge in [0.15, 0.2) is 0 Å². The largest absolute Gasteiger partial charge is 0.480 e. The lowest BCUT2D eigenvalue weighted by molar-refractivity contribution is -0.139. The summed E-state index contributed by atoms with van der Waals surface area (Å²) in [5.74, 6) is -0.225. The standard InChI is InChI=1S/C17H26N2O2/c1-3-19(12-17(20)21)16-9-15(10-16)18-11-13(2)14-7-5-4-6-8-14/h4-8,13,15-16,18H,3,9-12H2,1-2H3,(H,20,21). The summed E-state index contributed by atoms with van der Waals surface area (Å²) < 4.78 is 0. The summed E-state index contributed by atoms with van der Waals surface area (Å²) in [5, 5.41) is 12.5. The molecule has 2 N–H and O–H groups in total.